The zero-order chi connectivity index (χ0) is 6.24. The highest BCUT2D eigenvalue weighted by atomic mass is 16.1. The molecule has 8 heavy (non-hydrogen) atoms. The predicted octanol–water partition coefficient (Wildman–Crippen LogP) is 0.391. The van der Waals surface area contributed by atoms with Crippen LogP contribution in [-0.4, -0.2) is 12.8 Å². The minimum atomic E-state index is 0.684. The van der Waals surface area contributed by atoms with E-state index in [0.29, 0.717) is 6.54 Å². The van der Waals surface area contributed by atoms with Gasteiger partial charge in [0, 0.05) is 0 Å². The fourth-order valence-electron chi connectivity index (χ4n) is 0.367. The summed E-state index contributed by atoms with van der Waals surface area (Å²) in [6.07, 6.45) is 6.61. The Labute approximate surface area is 49.4 Å². The molecule has 0 saturated heterocycles. The largest absolute Gasteiger partial charge is 0.330 e. The van der Waals surface area contributed by atoms with E-state index in [1.807, 2.05) is 0 Å². The molecule has 0 spiro atoms. The maximum Gasteiger partial charge on any atom is 0.225 e. The molecule has 0 amide bonds. The third-order valence-electron chi connectivity index (χ3n) is 0.761. The van der Waals surface area contributed by atoms with Crippen LogP contribution in [0.2, 0.25) is 0 Å². The van der Waals surface area contributed by atoms with E-state index >= 15 is 0 Å². The Balaban J connectivity index is 2.91. The molecular formula is C6H10NO. The lowest BCUT2D eigenvalue weighted by atomic mass is 10.3. The van der Waals surface area contributed by atoms with Crippen molar-refractivity contribution in [2.24, 2.45) is 5.73 Å². The molecule has 0 unspecified atom stereocenters. The molecule has 0 aliphatic heterocycles. The van der Waals surface area contributed by atoms with Gasteiger partial charge >= 0.3 is 0 Å². The lowest BCUT2D eigenvalue weighted by molar-refractivity contribution is 0.564. The Kier molecular flexibility index (Phi) is 5.87. The van der Waals surface area contributed by atoms with Crippen LogP contribution in [0.4, 0.5) is 0 Å². The van der Waals surface area contributed by atoms with Crippen molar-refractivity contribution in [3.05, 3.63) is 12.2 Å². The number of hydrogen-bond donors (Lipinski definition) is 1. The van der Waals surface area contributed by atoms with Gasteiger partial charge in [-0.25, -0.2) is 0 Å². The third-order valence-corrected chi connectivity index (χ3v) is 0.761. The molecule has 0 aliphatic rings. The Morgan fingerprint density at radius 2 is 2.38 bits per heavy atom. The molecule has 0 bridgehead atoms. The van der Waals surface area contributed by atoms with Gasteiger partial charge < -0.3 is 5.73 Å². The first-order chi connectivity index (χ1) is 3.91. The highest BCUT2D eigenvalue weighted by Gasteiger charge is 1.75. The van der Waals surface area contributed by atoms with Gasteiger partial charge in [0.2, 0.25) is 6.29 Å². The second-order valence-corrected chi connectivity index (χ2v) is 1.45. The molecule has 0 saturated carbocycles. The van der Waals surface area contributed by atoms with Gasteiger partial charge in [0.15, 0.2) is 0 Å². The highest BCUT2D eigenvalue weighted by molar-refractivity contribution is 5.65. The van der Waals surface area contributed by atoms with E-state index in [1.165, 1.54) is 6.08 Å². The lowest BCUT2D eigenvalue weighted by Gasteiger charge is -1.84. The van der Waals surface area contributed by atoms with Crippen LogP contribution in [0.25, 0.3) is 0 Å². The smallest absolute Gasteiger partial charge is 0.225 e. The molecule has 0 aromatic carbocycles. The van der Waals surface area contributed by atoms with Crippen LogP contribution in [0.15, 0.2) is 12.2 Å². The van der Waals surface area contributed by atoms with E-state index < -0.39 is 0 Å². The van der Waals surface area contributed by atoms with Crippen LogP contribution in [0.3, 0.4) is 0 Å². The topological polar surface area (TPSA) is 43.1 Å². The van der Waals surface area contributed by atoms with E-state index in [-0.39, 0.29) is 0 Å². The zero-order valence-electron chi connectivity index (χ0n) is 4.76. The molecule has 0 aromatic heterocycles. The van der Waals surface area contributed by atoms with Crippen molar-refractivity contribution in [1.29, 1.82) is 0 Å². The molecule has 0 aromatic rings. The minimum absolute atomic E-state index is 0.684. The van der Waals surface area contributed by atoms with Gasteiger partial charge in [-0.05, 0) is 25.5 Å². The van der Waals surface area contributed by atoms with Gasteiger partial charge in [-0.1, -0.05) is 6.08 Å². The summed E-state index contributed by atoms with van der Waals surface area (Å²) in [4.78, 5) is 9.52. The Morgan fingerprint density at radius 1 is 1.62 bits per heavy atom. The summed E-state index contributed by atoms with van der Waals surface area (Å²) in [5.41, 5.74) is 5.18. The van der Waals surface area contributed by atoms with Gasteiger partial charge in [0.25, 0.3) is 0 Å². The molecule has 0 atom stereocenters. The van der Waals surface area contributed by atoms with Crippen molar-refractivity contribution in [3.8, 4) is 0 Å². The molecule has 2 heteroatoms. The fraction of sp³-hybridized carbons (Fsp3) is 0.500. The molecule has 1 radical (unpaired) electrons. The second-order valence-electron chi connectivity index (χ2n) is 1.45. The summed E-state index contributed by atoms with van der Waals surface area (Å²) in [5.74, 6) is 0. The van der Waals surface area contributed by atoms with Crippen LogP contribution in [0.1, 0.15) is 12.8 Å². The van der Waals surface area contributed by atoms with Gasteiger partial charge in [-0.2, -0.15) is 0 Å². The van der Waals surface area contributed by atoms with E-state index in [1.54, 1.807) is 12.4 Å². The lowest BCUT2D eigenvalue weighted by Crippen LogP contribution is -1.96. The Morgan fingerprint density at radius 3 is 2.88 bits per heavy atom. The van der Waals surface area contributed by atoms with Gasteiger partial charge in [0.1, 0.15) is 0 Å². The summed E-state index contributed by atoms with van der Waals surface area (Å²) >= 11 is 0. The predicted molar refractivity (Wildman–Crippen MR) is 33.1 cm³/mol. The molecule has 2 nitrogen and oxygen atoms in total. The Bertz CT molecular complexity index is 78.6. The zero-order valence-corrected chi connectivity index (χ0v) is 4.76. The standard InChI is InChI=1S/C6H10NO/c7-5-3-1-2-4-6-8/h2,4H,1,3,5,7H2/b4-2+. The number of allylic oxidation sites excluding steroid dienone is 2. The van der Waals surface area contributed by atoms with Crippen LogP contribution in [-0.2, 0) is 4.79 Å². The van der Waals surface area contributed by atoms with E-state index in [4.69, 9.17) is 5.73 Å². The number of hydrogen-bond acceptors (Lipinski definition) is 2. The molecule has 0 aliphatic carbocycles. The first-order valence-electron chi connectivity index (χ1n) is 2.64. The van der Waals surface area contributed by atoms with Crippen molar-refractivity contribution < 1.29 is 4.79 Å². The summed E-state index contributed by atoms with van der Waals surface area (Å²) in [5, 5.41) is 0. The van der Waals surface area contributed by atoms with Crippen LogP contribution >= 0.6 is 0 Å². The van der Waals surface area contributed by atoms with Crippen molar-refractivity contribution in [1.82, 2.24) is 0 Å². The van der Waals surface area contributed by atoms with Crippen LogP contribution < -0.4 is 5.73 Å². The molecular weight excluding hydrogens is 102 g/mol. The number of nitrogens with two attached hydrogens (primary N) is 1. The van der Waals surface area contributed by atoms with E-state index in [2.05, 4.69) is 0 Å². The number of unbranched alkanes of at least 4 members (excludes halogenated alkanes) is 1. The number of rotatable bonds is 4. The fourth-order valence-corrected chi connectivity index (χ4v) is 0.367. The van der Waals surface area contributed by atoms with E-state index in [0.717, 1.165) is 12.8 Å². The molecule has 0 heterocycles. The summed E-state index contributed by atoms with van der Waals surface area (Å²) in [7, 11) is 0. The maximum absolute atomic E-state index is 9.52. The number of carbonyl (C=O) groups excluding carboxylic acids is 1. The van der Waals surface area contributed by atoms with Crippen molar-refractivity contribution in [2.45, 2.75) is 12.8 Å². The Hall–Kier alpha value is -0.630. The quantitative estimate of drug-likeness (QED) is 0.422. The van der Waals surface area contributed by atoms with Crippen molar-refractivity contribution in [3.63, 3.8) is 0 Å². The molecule has 2 N–H and O–H groups in total. The van der Waals surface area contributed by atoms with Crippen molar-refractivity contribution in [2.75, 3.05) is 6.54 Å². The normalized spacial score (nSPS) is 10.1. The average Bonchev–Trinajstić information content (AvgIpc) is 1.81. The van der Waals surface area contributed by atoms with Crippen LogP contribution in [0.5, 0.6) is 0 Å². The highest BCUT2D eigenvalue weighted by Crippen LogP contribution is 1.85. The van der Waals surface area contributed by atoms with E-state index in [9.17, 15) is 4.79 Å². The summed E-state index contributed by atoms with van der Waals surface area (Å²) in [6, 6.07) is 0. The second kappa shape index (κ2) is 6.37. The third kappa shape index (κ3) is 5.37. The minimum Gasteiger partial charge on any atom is -0.330 e. The van der Waals surface area contributed by atoms with Crippen LogP contribution in [0, 0.1) is 0 Å². The molecule has 45 valence electrons. The summed E-state index contributed by atoms with van der Waals surface area (Å²) < 4.78 is 0. The first-order valence-corrected chi connectivity index (χ1v) is 2.64. The summed E-state index contributed by atoms with van der Waals surface area (Å²) in [6.45, 7) is 0.684. The average molecular weight is 112 g/mol. The van der Waals surface area contributed by atoms with Gasteiger partial charge in [-0.15, -0.1) is 0 Å². The monoisotopic (exact) mass is 112 g/mol. The maximum atomic E-state index is 9.52. The van der Waals surface area contributed by atoms with Gasteiger partial charge in [0.05, 0.1) is 0 Å². The SMILES string of the molecule is NCCC/C=C/[C]=O. The molecule has 0 fully saturated rings. The molecule has 0 rings (SSSR count). The first kappa shape index (κ1) is 7.37. The van der Waals surface area contributed by atoms with Crippen molar-refractivity contribution >= 4 is 6.29 Å². The van der Waals surface area contributed by atoms with Gasteiger partial charge in [-0.3, -0.25) is 4.79 Å².